The summed E-state index contributed by atoms with van der Waals surface area (Å²) in [7, 11) is 0. The highest BCUT2D eigenvalue weighted by Gasteiger charge is 2.24. The van der Waals surface area contributed by atoms with Gasteiger partial charge in [-0.2, -0.15) is 0 Å². The number of nitrogens with one attached hydrogen (secondary N) is 1. The molecule has 0 spiro atoms. The molecule has 1 aliphatic rings. The second kappa shape index (κ2) is 6.35. The molecule has 1 heterocycles. The standard InChI is InChI=1S/C10H21NO2/c1-3-11-9(8-12-4-2)10-6-5-7-13-10/h9-11H,3-8H2,1-2H3. The SMILES string of the molecule is CCNC(COCC)C1CCCO1. The number of rotatable bonds is 6. The van der Waals surface area contributed by atoms with Crippen LogP contribution in [0.5, 0.6) is 0 Å². The first-order chi connectivity index (χ1) is 6.38. The van der Waals surface area contributed by atoms with Gasteiger partial charge in [0, 0.05) is 13.2 Å². The Hall–Kier alpha value is -0.120. The number of ether oxygens (including phenoxy) is 2. The van der Waals surface area contributed by atoms with Crippen molar-refractivity contribution < 1.29 is 9.47 Å². The maximum Gasteiger partial charge on any atom is 0.0751 e. The molecule has 0 aliphatic carbocycles. The molecule has 3 heteroatoms. The third-order valence-electron chi connectivity index (χ3n) is 2.38. The van der Waals surface area contributed by atoms with Gasteiger partial charge in [0.1, 0.15) is 0 Å². The van der Waals surface area contributed by atoms with E-state index in [-0.39, 0.29) is 0 Å². The highest BCUT2D eigenvalue weighted by molar-refractivity contribution is 4.79. The normalized spacial score (nSPS) is 24.9. The summed E-state index contributed by atoms with van der Waals surface area (Å²) < 4.78 is 11.0. The van der Waals surface area contributed by atoms with Crippen LogP contribution in [-0.4, -0.2) is 38.5 Å². The Bertz CT molecular complexity index is 124. The Morgan fingerprint density at radius 2 is 2.38 bits per heavy atom. The van der Waals surface area contributed by atoms with Gasteiger partial charge in [-0.15, -0.1) is 0 Å². The first-order valence-corrected chi connectivity index (χ1v) is 5.31. The van der Waals surface area contributed by atoms with Gasteiger partial charge >= 0.3 is 0 Å². The largest absolute Gasteiger partial charge is 0.380 e. The summed E-state index contributed by atoms with van der Waals surface area (Å²) >= 11 is 0. The fourth-order valence-electron chi connectivity index (χ4n) is 1.72. The zero-order valence-electron chi connectivity index (χ0n) is 8.71. The van der Waals surface area contributed by atoms with Gasteiger partial charge in [-0.3, -0.25) is 0 Å². The van der Waals surface area contributed by atoms with Crippen molar-refractivity contribution in [3.8, 4) is 0 Å². The molecule has 1 saturated heterocycles. The predicted octanol–water partition coefficient (Wildman–Crippen LogP) is 1.18. The van der Waals surface area contributed by atoms with E-state index in [1.54, 1.807) is 0 Å². The highest BCUT2D eigenvalue weighted by Crippen LogP contribution is 2.15. The van der Waals surface area contributed by atoms with Crippen LogP contribution in [-0.2, 0) is 9.47 Å². The minimum Gasteiger partial charge on any atom is -0.380 e. The van der Waals surface area contributed by atoms with E-state index in [2.05, 4.69) is 12.2 Å². The lowest BCUT2D eigenvalue weighted by molar-refractivity contribution is 0.0330. The third-order valence-corrected chi connectivity index (χ3v) is 2.38. The molecule has 3 nitrogen and oxygen atoms in total. The molecular formula is C10H21NO2. The quantitative estimate of drug-likeness (QED) is 0.677. The Kier molecular flexibility index (Phi) is 5.35. The summed E-state index contributed by atoms with van der Waals surface area (Å²) in [5.74, 6) is 0. The molecule has 13 heavy (non-hydrogen) atoms. The molecule has 0 aromatic carbocycles. The Labute approximate surface area is 80.8 Å². The molecule has 1 fully saturated rings. The average Bonchev–Trinajstić information content (AvgIpc) is 2.65. The molecule has 0 aromatic rings. The highest BCUT2D eigenvalue weighted by atomic mass is 16.5. The van der Waals surface area contributed by atoms with Crippen molar-refractivity contribution >= 4 is 0 Å². The van der Waals surface area contributed by atoms with Crippen LogP contribution in [0.3, 0.4) is 0 Å². The average molecular weight is 187 g/mol. The molecule has 0 radical (unpaired) electrons. The monoisotopic (exact) mass is 187 g/mol. The predicted molar refractivity (Wildman–Crippen MR) is 52.9 cm³/mol. The minimum atomic E-state index is 0.367. The molecule has 0 bridgehead atoms. The molecule has 1 rings (SSSR count). The second-order valence-corrected chi connectivity index (χ2v) is 3.38. The van der Waals surface area contributed by atoms with Gasteiger partial charge in [-0.25, -0.2) is 0 Å². The summed E-state index contributed by atoms with van der Waals surface area (Å²) in [5.41, 5.74) is 0. The smallest absolute Gasteiger partial charge is 0.0751 e. The van der Waals surface area contributed by atoms with Crippen LogP contribution in [0.15, 0.2) is 0 Å². The van der Waals surface area contributed by atoms with E-state index in [1.807, 2.05) is 6.92 Å². The summed E-state index contributed by atoms with van der Waals surface area (Å²) in [4.78, 5) is 0. The minimum absolute atomic E-state index is 0.367. The molecule has 78 valence electrons. The zero-order chi connectivity index (χ0) is 9.52. The molecule has 1 aliphatic heterocycles. The lowest BCUT2D eigenvalue weighted by Gasteiger charge is -2.23. The first kappa shape index (κ1) is 11.0. The van der Waals surface area contributed by atoms with Gasteiger partial charge < -0.3 is 14.8 Å². The van der Waals surface area contributed by atoms with Gasteiger partial charge in [0.2, 0.25) is 0 Å². The van der Waals surface area contributed by atoms with Crippen LogP contribution in [0.4, 0.5) is 0 Å². The van der Waals surface area contributed by atoms with E-state index in [4.69, 9.17) is 9.47 Å². The Morgan fingerprint density at radius 1 is 1.54 bits per heavy atom. The number of hydrogen-bond acceptors (Lipinski definition) is 3. The summed E-state index contributed by atoms with van der Waals surface area (Å²) in [6.07, 6.45) is 2.73. The molecule has 0 amide bonds. The zero-order valence-corrected chi connectivity index (χ0v) is 8.71. The molecular weight excluding hydrogens is 166 g/mol. The Morgan fingerprint density at radius 3 is 2.92 bits per heavy atom. The molecule has 1 N–H and O–H groups in total. The number of likely N-dealkylation sites (N-methyl/N-ethyl adjacent to an activating group) is 1. The maximum absolute atomic E-state index is 5.62. The van der Waals surface area contributed by atoms with E-state index in [0.29, 0.717) is 12.1 Å². The van der Waals surface area contributed by atoms with Gasteiger partial charge in [-0.05, 0) is 26.3 Å². The second-order valence-electron chi connectivity index (χ2n) is 3.38. The van der Waals surface area contributed by atoms with Gasteiger partial charge in [-0.1, -0.05) is 6.92 Å². The van der Waals surface area contributed by atoms with Crippen molar-refractivity contribution in [3.63, 3.8) is 0 Å². The molecule has 2 unspecified atom stereocenters. The van der Waals surface area contributed by atoms with Crippen molar-refractivity contribution in [3.05, 3.63) is 0 Å². The third kappa shape index (κ3) is 3.63. The number of hydrogen-bond donors (Lipinski definition) is 1. The van der Waals surface area contributed by atoms with Crippen molar-refractivity contribution in [1.82, 2.24) is 5.32 Å². The van der Waals surface area contributed by atoms with Crippen molar-refractivity contribution in [1.29, 1.82) is 0 Å². The fourth-order valence-corrected chi connectivity index (χ4v) is 1.72. The van der Waals surface area contributed by atoms with Gasteiger partial charge in [0.15, 0.2) is 0 Å². The summed E-state index contributed by atoms with van der Waals surface area (Å²) in [6.45, 7) is 7.60. The molecule has 0 saturated carbocycles. The van der Waals surface area contributed by atoms with Crippen molar-refractivity contribution in [2.45, 2.75) is 38.8 Å². The van der Waals surface area contributed by atoms with E-state index < -0.39 is 0 Å². The summed E-state index contributed by atoms with van der Waals surface area (Å²) in [6, 6.07) is 0.382. The van der Waals surface area contributed by atoms with Crippen LogP contribution < -0.4 is 5.32 Å². The molecule has 0 aromatic heterocycles. The van der Waals surface area contributed by atoms with E-state index in [1.165, 1.54) is 12.8 Å². The maximum atomic E-state index is 5.62. The lowest BCUT2D eigenvalue weighted by Crippen LogP contribution is -2.43. The topological polar surface area (TPSA) is 30.5 Å². The Balaban J connectivity index is 2.26. The van der Waals surface area contributed by atoms with E-state index in [9.17, 15) is 0 Å². The lowest BCUT2D eigenvalue weighted by atomic mass is 10.1. The van der Waals surface area contributed by atoms with E-state index >= 15 is 0 Å². The van der Waals surface area contributed by atoms with Crippen LogP contribution in [0.25, 0.3) is 0 Å². The van der Waals surface area contributed by atoms with Gasteiger partial charge in [0.25, 0.3) is 0 Å². The fraction of sp³-hybridized carbons (Fsp3) is 1.00. The first-order valence-electron chi connectivity index (χ1n) is 5.31. The van der Waals surface area contributed by atoms with Crippen molar-refractivity contribution in [2.24, 2.45) is 0 Å². The van der Waals surface area contributed by atoms with Gasteiger partial charge in [0.05, 0.1) is 18.8 Å². The van der Waals surface area contributed by atoms with Crippen LogP contribution in [0.1, 0.15) is 26.7 Å². The van der Waals surface area contributed by atoms with Crippen LogP contribution in [0, 0.1) is 0 Å². The van der Waals surface area contributed by atoms with Crippen molar-refractivity contribution in [2.75, 3.05) is 26.4 Å². The van der Waals surface area contributed by atoms with Crippen LogP contribution >= 0.6 is 0 Å². The summed E-state index contributed by atoms with van der Waals surface area (Å²) in [5, 5.41) is 3.41. The molecule has 2 atom stereocenters. The van der Waals surface area contributed by atoms with Crippen LogP contribution in [0.2, 0.25) is 0 Å². The van der Waals surface area contributed by atoms with E-state index in [0.717, 1.165) is 26.4 Å².